The Bertz CT molecular complexity index is 702. The van der Waals surface area contributed by atoms with Crippen LogP contribution in [0.4, 0.5) is 4.39 Å². The largest absolute Gasteiger partial charge is 0.435 e. The molecule has 1 N–H and O–H groups in total. The lowest BCUT2D eigenvalue weighted by molar-refractivity contribution is 0.0667. The molecule has 0 atom stereocenters. The van der Waals surface area contributed by atoms with Crippen LogP contribution < -0.4 is 4.74 Å². The second-order valence-corrected chi connectivity index (χ2v) is 4.91. The third-order valence-electron chi connectivity index (χ3n) is 3.46. The fraction of sp³-hybridized carbons (Fsp3) is 0.250. The quantitative estimate of drug-likeness (QED) is 0.408. The minimum Gasteiger partial charge on any atom is -0.435 e. The molecule has 0 bridgehead atoms. The predicted molar refractivity (Wildman–Crippen MR) is 81.4 cm³/mol. The van der Waals surface area contributed by atoms with Gasteiger partial charge in [0, 0.05) is 19.3 Å². The molecule has 0 amide bonds. The molecule has 2 heterocycles. The Kier molecular flexibility index (Phi) is 4.68. The summed E-state index contributed by atoms with van der Waals surface area (Å²) in [5.41, 5.74) is 0.486. The summed E-state index contributed by atoms with van der Waals surface area (Å²) in [5.74, 6) is 0.0781. The summed E-state index contributed by atoms with van der Waals surface area (Å²) in [7, 11) is 0. The second kappa shape index (κ2) is 7.06. The first-order valence-electron chi connectivity index (χ1n) is 7.22. The van der Waals surface area contributed by atoms with E-state index in [0.717, 1.165) is 0 Å². The number of hydrogen-bond donors (Lipinski definition) is 1. The predicted octanol–water partition coefficient (Wildman–Crippen LogP) is 2.48. The van der Waals surface area contributed by atoms with E-state index in [4.69, 9.17) is 9.47 Å². The zero-order valence-corrected chi connectivity index (χ0v) is 12.4. The number of nitrogens with zero attached hydrogens (tertiary/aromatic N) is 3. The van der Waals surface area contributed by atoms with Gasteiger partial charge in [0.1, 0.15) is 0 Å². The molecule has 0 saturated carbocycles. The molecule has 0 unspecified atom stereocenters. The number of oxime groups is 1. The van der Waals surface area contributed by atoms with Crippen LogP contribution in [0.15, 0.2) is 47.8 Å². The fourth-order valence-corrected chi connectivity index (χ4v) is 2.34. The van der Waals surface area contributed by atoms with Crippen LogP contribution in [0.5, 0.6) is 11.6 Å². The van der Waals surface area contributed by atoms with Crippen LogP contribution >= 0.6 is 0 Å². The number of ether oxygens (including phenoxy) is 2. The first kappa shape index (κ1) is 15.2. The summed E-state index contributed by atoms with van der Waals surface area (Å²) in [5, 5.41) is 12.8. The number of rotatable bonds is 3. The average Bonchev–Trinajstić information content (AvgIpc) is 2.60. The van der Waals surface area contributed by atoms with Gasteiger partial charge in [0.15, 0.2) is 17.4 Å². The first-order valence-corrected chi connectivity index (χ1v) is 7.22. The van der Waals surface area contributed by atoms with E-state index in [2.05, 4.69) is 10.1 Å². The maximum absolute atomic E-state index is 13.8. The van der Waals surface area contributed by atoms with Crippen LogP contribution in [0.1, 0.15) is 5.56 Å². The molecule has 0 radical (unpaired) electrons. The Labute approximate surface area is 132 Å². The Morgan fingerprint density at radius 2 is 2.00 bits per heavy atom. The molecule has 6 nitrogen and oxygen atoms in total. The van der Waals surface area contributed by atoms with E-state index in [9.17, 15) is 9.60 Å². The van der Waals surface area contributed by atoms with Gasteiger partial charge in [-0.15, -0.1) is 0 Å². The molecular formula is C16H16FN3O3. The van der Waals surface area contributed by atoms with Crippen molar-refractivity contribution in [3.05, 3.63) is 54.0 Å². The number of amidine groups is 1. The molecule has 0 aliphatic carbocycles. The van der Waals surface area contributed by atoms with Crippen molar-refractivity contribution in [2.24, 2.45) is 5.16 Å². The van der Waals surface area contributed by atoms with Gasteiger partial charge in [0.25, 0.3) is 0 Å². The smallest absolute Gasteiger partial charge is 0.230 e. The maximum Gasteiger partial charge on any atom is 0.230 e. The molecule has 1 aliphatic rings. The monoisotopic (exact) mass is 317 g/mol. The van der Waals surface area contributed by atoms with Crippen molar-refractivity contribution in [2.45, 2.75) is 0 Å². The number of hydrogen-bond acceptors (Lipinski definition) is 5. The van der Waals surface area contributed by atoms with Gasteiger partial charge < -0.3 is 19.6 Å². The van der Waals surface area contributed by atoms with Crippen LogP contribution in [-0.4, -0.2) is 47.2 Å². The van der Waals surface area contributed by atoms with Crippen LogP contribution in [0.3, 0.4) is 0 Å². The van der Waals surface area contributed by atoms with E-state index < -0.39 is 5.82 Å². The molecular weight excluding hydrogens is 301 g/mol. The highest BCUT2D eigenvalue weighted by molar-refractivity contribution is 6.00. The molecule has 2 aromatic rings. The van der Waals surface area contributed by atoms with Crippen molar-refractivity contribution >= 4 is 5.84 Å². The molecule has 23 heavy (non-hydrogen) atoms. The van der Waals surface area contributed by atoms with E-state index in [1.54, 1.807) is 24.3 Å². The summed E-state index contributed by atoms with van der Waals surface area (Å²) in [6.07, 6.45) is 1.54. The fourth-order valence-electron chi connectivity index (χ4n) is 2.34. The molecule has 120 valence electrons. The maximum atomic E-state index is 13.8. The number of halogens is 1. The minimum atomic E-state index is -0.488. The van der Waals surface area contributed by atoms with Crippen molar-refractivity contribution in [1.29, 1.82) is 0 Å². The SMILES string of the molecule is O/N=C(/c1cccnc1Oc1ccccc1F)N1CCOCC1. The van der Waals surface area contributed by atoms with Crippen LogP contribution in [0.25, 0.3) is 0 Å². The second-order valence-electron chi connectivity index (χ2n) is 4.91. The Balaban J connectivity index is 1.92. The number of para-hydroxylation sites is 1. The van der Waals surface area contributed by atoms with Crippen molar-refractivity contribution in [1.82, 2.24) is 9.88 Å². The molecule has 1 saturated heterocycles. The van der Waals surface area contributed by atoms with Crippen molar-refractivity contribution in [2.75, 3.05) is 26.3 Å². The van der Waals surface area contributed by atoms with Crippen molar-refractivity contribution in [3.63, 3.8) is 0 Å². The highest BCUT2D eigenvalue weighted by atomic mass is 19.1. The van der Waals surface area contributed by atoms with E-state index in [1.165, 1.54) is 18.3 Å². The summed E-state index contributed by atoms with van der Waals surface area (Å²) in [6.45, 7) is 2.27. The lowest BCUT2D eigenvalue weighted by atomic mass is 10.2. The van der Waals surface area contributed by atoms with Gasteiger partial charge in [-0.1, -0.05) is 17.3 Å². The van der Waals surface area contributed by atoms with E-state index in [-0.39, 0.29) is 11.6 Å². The molecule has 1 aromatic carbocycles. The number of aromatic nitrogens is 1. The molecule has 3 rings (SSSR count). The lowest BCUT2D eigenvalue weighted by Gasteiger charge is -2.29. The van der Waals surface area contributed by atoms with Gasteiger partial charge in [-0.2, -0.15) is 0 Å². The zero-order chi connectivity index (χ0) is 16.1. The summed E-state index contributed by atoms with van der Waals surface area (Å²) < 4.78 is 24.7. The first-order chi connectivity index (χ1) is 11.3. The summed E-state index contributed by atoms with van der Waals surface area (Å²) in [6, 6.07) is 9.49. The molecule has 0 spiro atoms. The Morgan fingerprint density at radius 1 is 1.22 bits per heavy atom. The van der Waals surface area contributed by atoms with Crippen LogP contribution in [0.2, 0.25) is 0 Å². The minimum absolute atomic E-state index is 0.0618. The van der Waals surface area contributed by atoms with E-state index >= 15 is 0 Å². The molecule has 1 fully saturated rings. The van der Waals surface area contributed by atoms with E-state index in [0.29, 0.717) is 37.7 Å². The van der Waals surface area contributed by atoms with Gasteiger partial charge >= 0.3 is 0 Å². The molecule has 1 aromatic heterocycles. The highest BCUT2D eigenvalue weighted by Crippen LogP contribution is 2.26. The molecule has 1 aliphatic heterocycles. The molecule has 7 heteroatoms. The van der Waals surface area contributed by atoms with Crippen molar-refractivity contribution < 1.29 is 19.1 Å². The van der Waals surface area contributed by atoms with Crippen molar-refractivity contribution in [3.8, 4) is 11.6 Å². The van der Waals surface area contributed by atoms with Crippen LogP contribution in [0, 0.1) is 5.82 Å². The highest BCUT2D eigenvalue weighted by Gasteiger charge is 2.22. The summed E-state index contributed by atoms with van der Waals surface area (Å²) >= 11 is 0. The van der Waals surface area contributed by atoms with Gasteiger partial charge in [-0.25, -0.2) is 9.37 Å². The van der Waals surface area contributed by atoms with Crippen LogP contribution in [-0.2, 0) is 4.74 Å². The topological polar surface area (TPSA) is 67.2 Å². The van der Waals surface area contributed by atoms with E-state index in [1.807, 2.05) is 4.90 Å². The van der Waals surface area contributed by atoms with Gasteiger partial charge in [-0.3, -0.25) is 0 Å². The Morgan fingerprint density at radius 3 is 2.74 bits per heavy atom. The van der Waals surface area contributed by atoms with Gasteiger partial charge in [0.2, 0.25) is 5.88 Å². The normalized spacial score (nSPS) is 15.5. The third-order valence-corrected chi connectivity index (χ3v) is 3.46. The van der Waals surface area contributed by atoms with Gasteiger partial charge in [-0.05, 0) is 24.3 Å². The lowest BCUT2D eigenvalue weighted by Crippen LogP contribution is -2.41. The van der Waals surface area contributed by atoms with Gasteiger partial charge in [0.05, 0.1) is 18.8 Å². The number of benzene rings is 1. The summed E-state index contributed by atoms with van der Waals surface area (Å²) in [4.78, 5) is 6.01. The number of pyridine rings is 1. The number of morpholine rings is 1. The third kappa shape index (κ3) is 3.40. The standard InChI is InChI=1S/C16H16FN3O3/c17-13-5-1-2-6-14(13)23-16-12(4-3-7-18-16)15(19-21)20-8-10-22-11-9-20/h1-7,21H,8-11H2/b19-15-. The Hall–Kier alpha value is -2.67. The average molecular weight is 317 g/mol. The zero-order valence-electron chi connectivity index (χ0n) is 12.4.